The fraction of sp³-hybridized carbons (Fsp3) is 0.500. The molecule has 5 nitrogen and oxygen atoms in total. The number of methoxy groups -OCH3 is 1. The largest absolute Gasteiger partial charge is 0.495 e. The van der Waals surface area contributed by atoms with Crippen molar-refractivity contribution >= 4 is 48.0 Å². The average Bonchev–Trinajstić information content (AvgIpc) is 2.45. The lowest BCUT2D eigenvalue weighted by molar-refractivity contribution is -0.132. The number of amides is 1. The molecule has 1 atom stereocenters. The molecule has 1 aliphatic rings. The highest BCUT2D eigenvalue weighted by atomic mass is 35.5. The number of carbonyl (C=O) groups is 1. The second-order valence-corrected chi connectivity index (χ2v) is 5.27. The number of hydrogen-bond acceptors (Lipinski definition) is 4. The van der Waals surface area contributed by atoms with Crippen molar-refractivity contribution < 1.29 is 9.53 Å². The van der Waals surface area contributed by atoms with E-state index < -0.39 is 0 Å². The lowest BCUT2D eigenvalue weighted by Crippen LogP contribution is -2.53. The molecule has 0 unspecified atom stereocenters. The molecule has 0 aromatic heterocycles. The number of nitrogens with one attached hydrogen (secondary N) is 2. The van der Waals surface area contributed by atoms with Gasteiger partial charge in [-0.2, -0.15) is 0 Å². The maximum atomic E-state index is 12.2. The summed E-state index contributed by atoms with van der Waals surface area (Å²) in [5, 5.41) is 6.98. The van der Waals surface area contributed by atoms with Gasteiger partial charge in [-0.3, -0.25) is 4.79 Å². The maximum Gasteiger partial charge on any atom is 0.242 e. The highest BCUT2D eigenvalue weighted by Crippen LogP contribution is 2.27. The zero-order chi connectivity index (χ0) is 14.5. The van der Waals surface area contributed by atoms with Crippen molar-refractivity contribution in [3.05, 3.63) is 23.2 Å². The first kappa shape index (κ1) is 21.1. The van der Waals surface area contributed by atoms with Gasteiger partial charge in [0.15, 0.2) is 0 Å². The second kappa shape index (κ2) is 10.0. The molecule has 126 valence electrons. The number of anilines is 1. The molecule has 2 rings (SSSR count). The summed E-state index contributed by atoms with van der Waals surface area (Å²) in [5.74, 6) is 0.761. The molecule has 1 heterocycles. The van der Waals surface area contributed by atoms with E-state index in [1.165, 1.54) is 0 Å². The average molecular weight is 371 g/mol. The SMILES string of the molecule is COc1ccc(Cl)cc1NCC(=O)N1CCNC[C@H]1C.Cl.Cl. The Balaban J connectivity index is 0.00000220. The predicted molar refractivity (Wildman–Crippen MR) is 95.0 cm³/mol. The zero-order valence-corrected chi connectivity index (χ0v) is 15.0. The number of piperazine rings is 1. The number of nitrogens with zero attached hydrogens (tertiary/aromatic N) is 1. The Bertz CT molecular complexity index is 488. The number of ether oxygens (including phenoxy) is 1. The fourth-order valence-electron chi connectivity index (χ4n) is 2.30. The molecule has 0 aliphatic carbocycles. The summed E-state index contributed by atoms with van der Waals surface area (Å²) < 4.78 is 5.24. The van der Waals surface area contributed by atoms with Crippen LogP contribution in [0.5, 0.6) is 5.75 Å². The molecule has 0 bridgehead atoms. The first-order valence-corrected chi connectivity index (χ1v) is 7.07. The van der Waals surface area contributed by atoms with Crippen molar-refractivity contribution in [1.29, 1.82) is 0 Å². The van der Waals surface area contributed by atoms with Crippen molar-refractivity contribution in [2.75, 3.05) is 38.6 Å². The summed E-state index contributed by atoms with van der Waals surface area (Å²) in [4.78, 5) is 14.1. The van der Waals surface area contributed by atoms with Crippen LogP contribution >= 0.6 is 36.4 Å². The Kier molecular flexibility index (Phi) is 9.60. The molecule has 1 aromatic rings. The van der Waals surface area contributed by atoms with Gasteiger partial charge in [-0.15, -0.1) is 24.8 Å². The standard InChI is InChI=1S/C14H20ClN3O2.2ClH/c1-10-8-16-5-6-18(10)14(19)9-17-12-7-11(15)3-4-13(12)20-2;;/h3-4,7,10,16-17H,5-6,8-9H2,1-2H3;2*1H/t10-;;/m1../s1. The smallest absolute Gasteiger partial charge is 0.242 e. The van der Waals surface area contributed by atoms with E-state index in [2.05, 4.69) is 10.6 Å². The van der Waals surface area contributed by atoms with Crippen molar-refractivity contribution in [1.82, 2.24) is 10.2 Å². The highest BCUT2D eigenvalue weighted by Gasteiger charge is 2.22. The predicted octanol–water partition coefficient (Wildman–Crippen LogP) is 2.42. The van der Waals surface area contributed by atoms with Crippen molar-refractivity contribution in [2.24, 2.45) is 0 Å². The topological polar surface area (TPSA) is 53.6 Å². The molecule has 1 aliphatic heterocycles. The first-order chi connectivity index (χ1) is 9.61. The van der Waals surface area contributed by atoms with Gasteiger partial charge in [-0.25, -0.2) is 0 Å². The minimum atomic E-state index is 0. The summed E-state index contributed by atoms with van der Waals surface area (Å²) in [7, 11) is 1.59. The lowest BCUT2D eigenvalue weighted by atomic mass is 10.2. The third-order valence-corrected chi connectivity index (χ3v) is 3.65. The summed E-state index contributed by atoms with van der Waals surface area (Å²) in [5.41, 5.74) is 0.733. The van der Waals surface area contributed by atoms with Gasteiger partial charge in [-0.1, -0.05) is 11.6 Å². The van der Waals surface area contributed by atoms with E-state index in [9.17, 15) is 4.79 Å². The van der Waals surface area contributed by atoms with Gasteiger partial charge in [0.05, 0.1) is 19.3 Å². The maximum absolute atomic E-state index is 12.2. The van der Waals surface area contributed by atoms with Crippen LogP contribution in [-0.4, -0.2) is 50.1 Å². The number of carbonyl (C=O) groups excluding carboxylic acids is 1. The molecule has 1 fully saturated rings. The van der Waals surface area contributed by atoms with Gasteiger partial charge in [0.2, 0.25) is 5.91 Å². The van der Waals surface area contributed by atoms with E-state index in [-0.39, 0.29) is 43.3 Å². The van der Waals surface area contributed by atoms with Crippen LogP contribution in [-0.2, 0) is 4.79 Å². The van der Waals surface area contributed by atoms with E-state index in [0.29, 0.717) is 10.8 Å². The molecular formula is C14H22Cl3N3O2. The summed E-state index contributed by atoms with van der Waals surface area (Å²) in [6.45, 7) is 4.71. The second-order valence-electron chi connectivity index (χ2n) is 4.84. The van der Waals surface area contributed by atoms with Crippen LogP contribution in [0, 0.1) is 0 Å². The molecule has 2 N–H and O–H groups in total. The summed E-state index contributed by atoms with van der Waals surface area (Å²) in [6, 6.07) is 5.52. The Morgan fingerprint density at radius 1 is 1.50 bits per heavy atom. The van der Waals surface area contributed by atoms with Crippen LogP contribution in [0.2, 0.25) is 5.02 Å². The molecule has 0 spiro atoms. The number of halogens is 3. The quantitative estimate of drug-likeness (QED) is 0.855. The third-order valence-electron chi connectivity index (χ3n) is 3.41. The molecule has 0 radical (unpaired) electrons. The lowest BCUT2D eigenvalue weighted by Gasteiger charge is -2.34. The monoisotopic (exact) mass is 369 g/mol. The van der Waals surface area contributed by atoms with E-state index in [1.807, 2.05) is 11.8 Å². The van der Waals surface area contributed by atoms with Crippen LogP contribution in [0.15, 0.2) is 18.2 Å². The van der Waals surface area contributed by atoms with Crippen molar-refractivity contribution in [3.8, 4) is 5.75 Å². The van der Waals surface area contributed by atoms with Gasteiger partial charge >= 0.3 is 0 Å². The van der Waals surface area contributed by atoms with E-state index >= 15 is 0 Å². The van der Waals surface area contributed by atoms with Crippen LogP contribution < -0.4 is 15.4 Å². The van der Waals surface area contributed by atoms with Crippen LogP contribution in [0.3, 0.4) is 0 Å². The van der Waals surface area contributed by atoms with Gasteiger partial charge in [0.1, 0.15) is 5.75 Å². The number of benzene rings is 1. The van der Waals surface area contributed by atoms with Gasteiger partial charge in [0, 0.05) is 30.7 Å². The third kappa shape index (κ3) is 5.39. The molecule has 8 heteroatoms. The Morgan fingerprint density at radius 3 is 2.86 bits per heavy atom. The Labute approximate surface area is 148 Å². The van der Waals surface area contributed by atoms with Crippen LogP contribution in [0.1, 0.15) is 6.92 Å². The summed E-state index contributed by atoms with van der Waals surface area (Å²) >= 11 is 5.96. The highest BCUT2D eigenvalue weighted by molar-refractivity contribution is 6.30. The Morgan fingerprint density at radius 2 is 2.23 bits per heavy atom. The molecular weight excluding hydrogens is 349 g/mol. The first-order valence-electron chi connectivity index (χ1n) is 6.69. The zero-order valence-electron chi connectivity index (χ0n) is 12.6. The van der Waals surface area contributed by atoms with E-state index in [4.69, 9.17) is 16.3 Å². The van der Waals surface area contributed by atoms with Crippen LogP contribution in [0.4, 0.5) is 5.69 Å². The summed E-state index contributed by atoms with van der Waals surface area (Å²) in [6.07, 6.45) is 0. The molecule has 1 saturated heterocycles. The minimum absolute atomic E-state index is 0. The normalized spacial score (nSPS) is 17.0. The van der Waals surface area contributed by atoms with Gasteiger partial charge < -0.3 is 20.3 Å². The van der Waals surface area contributed by atoms with Gasteiger partial charge in [-0.05, 0) is 25.1 Å². The Hall–Kier alpha value is -0.880. The van der Waals surface area contributed by atoms with E-state index in [0.717, 1.165) is 25.3 Å². The molecule has 1 amide bonds. The minimum Gasteiger partial charge on any atom is -0.495 e. The van der Waals surface area contributed by atoms with Crippen molar-refractivity contribution in [2.45, 2.75) is 13.0 Å². The van der Waals surface area contributed by atoms with Gasteiger partial charge in [0.25, 0.3) is 0 Å². The molecule has 1 aromatic carbocycles. The molecule has 22 heavy (non-hydrogen) atoms. The van der Waals surface area contributed by atoms with Crippen molar-refractivity contribution in [3.63, 3.8) is 0 Å². The fourth-order valence-corrected chi connectivity index (χ4v) is 2.47. The van der Waals surface area contributed by atoms with E-state index in [1.54, 1.807) is 25.3 Å². The van der Waals surface area contributed by atoms with Crippen LogP contribution in [0.25, 0.3) is 0 Å². The number of rotatable bonds is 4. The number of hydrogen-bond donors (Lipinski definition) is 2. The molecule has 0 saturated carbocycles.